The van der Waals surface area contributed by atoms with E-state index >= 15 is 0 Å². The van der Waals surface area contributed by atoms with E-state index in [2.05, 4.69) is 22.5 Å². The SMILES string of the molecule is CCN1CCN(c2ccc(C(=O)NCCNCCOC)cc2F)CC1.Cl.Cl. The molecule has 6 nitrogen and oxygen atoms in total. The molecule has 0 saturated carbocycles. The van der Waals surface area contributed by atoms with Gasteiger partial charge in [0.05, 0.1) is 12.3 Å². The first kappa shape index (κ1) is 25.9. The number of rotatable bonds is 9. The van der Waals surface area contributed by atoms with Gasteiger partial charge in [-0.3, -0.25) is 4.79 Å². The van der Waals surface area contributed by atoms with Crippen molar-refractivity contribution in [3.63, 3.8) is 0 Å². The molecule has 1 aliphatic rings. The number of hydrogen-bond acceptors (Lipinski definition) is 5. The van der Waals surface area contributed by atoms with E-state index in [4.69, 9.17) is 4.74 Å². The molecule has 2 rings (SSSR count). The summed E-state index contributed by atoms with van der Waals surface area (Å²) >= 11 is 0. The Morgan fingerprint density at radius 3 is 2.44 bits per heavy atom. The summed E-state index contributed by atoms with van der Waals surface area (Å²) in [7, 11) is 1.64. The third-order valence-electron chi connectivity index (χ3n) is 4.44. The van der Waals surface area contributed by atoms with E-state index < -0.39 is 0 Å². The fraction of sp³-hybridized carbons (Fsp3) is 0.611. The van der Waals surface area contributed by atoms with Crippen molar-refractivity contribution in [3.05, 3.63) is 29.6 Å². The smallest absolute Gasteiger partial charge is 0.251 e. The molecule has 0 aliphatic carbocycles. The standard InChI is InChI=1S/C18H29FN4O2.2ClH/c1-3-22-9-11-23(12-10-22)17-5-4-15(14-16(17)19)18(24)21-7-6-20-8-13-25-2;;/h4-5,14,20H,3,6-13H2,1-2H3,(H,21,24);2*1H. The van der Waals surface area contributed by atoms with Crippen molar-refractivity contribution in [1.82, 2.24) is 15.5 Å². The first-order chi connectivity index (χ1) is 12.2. The maximum atomic E-state index is 14.4. The average Bonchev–Trinajstić information content (AvgIpc) is 2.64. The molecule has 0 unspecified atom stereocenters. The lowest BCUT2D eigenvalue weighted by Gasteiger charge is -2.35. The summed E-state index contributed by atoms with van der Waals surface area (Å²) in [5.74, 6) is -0.592. The van der Waals surface area contributed by atoms with Gasteiger partial charge in [-0.1, -0.05) is 6.92 Å². The molecule has 0 atom stereocenters. The van der Waals surface area contributed by atoms with Crippen LogP contribution < -0.4 is 15.5 Å². The molecule has 0 radical (unpaired) electrons. The molecule has 1 saturated heterocycles. The Kier molecular flexibility index (Phi) is 13.4. The van der Waals surface area contributed by atoms with Gasteiger partial charge in [-0.2, -0.15) is 0 Å². The minimum Gasteiger partial charge on any atom is -0.383 e. The largest absolute Gasteiger partial charge is 0.383 e. The number of halogens is 3. The summed E-state index contributed by atoms with van der Waals surface area (Å²) < 4.78 is 19.4. The predicted molar refractivity (Wildman–Crippen MR) is 112 cm³/mol. The van der Waals surface area contributed by atoms with Crippen LogP contribution in [0.25, 0.3) is 0 Å². The number of amides is 1. The van der Waals surface area contributed by atoms with Crippen molar-refractivity contribution in [1.29, 1.82) is 0 Å². The van der Waals surface area contributed by atoms with E-state index in [1.807, 2.05) is 4.90 Å². The molecule has 1 aromatic rings. The number of methoxy groups -OCH3 is 1. The zero-order chi connectivity index (χ0) is 18.1. The highest BCUT2D eigenvalue weighted by Gasteiger charge is 2.19. The molecule has 1 heterocycles. The molecule has 0 spiro atoms. The Morgan fingerprint density at radius 2 is 1.85 bits per heavy atom. The van der Waals surface area contributed by atoms with E-state index in [1.165, 1.54) is 6.07 Å². The third kappa shape index (κ3) is 8.19. The van der Waals surface area contributed by atoms with Gasteiger partial charge in [-0.05, 0) is 24.7 Å². The highest BCUT2D eigenvalue weighted by molar-refractivity contribution is 5.94. The van der Waals surface area contributed by atoms with Crippen molar-refractivity contribution in [3.8, 4) is 0 Å². The molecular formula is C18H31Cl2FN4O2. The molecular weight excluding hydrogens is 394 g/mol. The van der Waals surface area contributed by atoms with Crippen LogP contribution in [0, 0.1) is 5.82 Å². The van der Waals surface area contributed by atoms with Crippen LogP contribution in [0.1, 0.15) is 17.3 Å². The third-order valence-corrected chi connectivity index (χ3v) is 4.44. The van der Waals surface area contributed by atoms with Crippen molar-refractivity contribution < 1.29 is 13.9 Å². The number of ether oxygens (including phenoxy) is 1. The molecule has 1 aliphatic heterocycles. The van der Waals surface area contributed by atoms with E-state index in [-0.39, 0.29) is 36.5 Å². The number of carbonyl (C=O) groups excluding carboxylic acids is 1. The van der Waals surface area contributed by atoms with E-state index in [0.717, 1.165) is 39.3 Å². The maximum Gasteiger partial charge on any atom is 0.251 e. The summed E-state index contributed by atoms with van der Waals surface area (Å²) in [5.41, 5.74) is 0.930. The number of likely N-dealkylation sites (N-methyl/N-ethyl adjacent to an activating group) is 1. The van der Waals surface area contributed by atoms with Crippen LogP contribution in [0.5, 0.6) is 0 Å². The van der Waals surface area contributed by atoms with Gasteiger partial charge in [-0.25, -0.2) is 4.39 Å². The highest BCUT2D eigenvalue weighted by Crippen LogP contribution is 2.22. The fourth-order valence-corrected chi connectivity index (χ4v) is 2.88. The lowest BCUT2D eigenvalue weighted by molar-refractivity contribution is 0.0953. The highest BCUT2D eigenvalue weighted by atomic mass is 35.5. The molecule has 1 aromatic carbocycles. The Morgan fingerprint density at radius 1 is 1.15 bits per heavy atom. The molecule has 1 fully saturated rings. The van der Waals surface area contributed by atoms with Crippen LogP contribution in [0.2, 0.25) is 0 Å². The number of nitrogens with one attached hydrogen (secondary N) is 2. The second kappa shape index (κ2) is 14.0. The van der Waals surface area contributed by atoms with Crippen LogP contribution in [0.3, 0.4) is 0 Å². The minimum absolute atomic E-state index is 0. The number of benzene rings is 1. The Bertz CT molecular complexity index is 558. The van der Waals surface area contributed by atoms with Gasteiger partial charge in [0.25, 0.3) is 5.91 Å². The Balaban J connectivity index is 0.00000338. The van der Waals surface area contributed by atoms with Gasteiger partial charge in [0.2, 0.25) is 0 Å². The van der Waals surface area contributed by atoms with Gasteiger partial charge in [-0.15, -0.1) is 24.8 Å². The summed E-state index contributed by atoms with van der Waals surface area (Å²) in [5, 5.41) is 5.93. The average molecular weight is 425 g/mol. The quantitative estimate of drug-likeness (QED) is 0.591. The van der Waals surface area contributed by atoms with Crippen molar-refractivity contribution >= 4 is 36.4 Å². The zero-order valence-electron chi connectivity index (χ0n) is 16.0. The molecule has 2 N–H and O–H groups in total. The molecule has 27 heavy (non-hydrogen) atoms. The maximum absolute atomic E-state index is 14.4. The normalized spacial score (nSPS) is 14.3. The molecule has 0 bridgehead atoms. The van der Waals surface area contributed by atoms with Crippen LogP contribution in [-0.2, 0) is 4.74 Å². The van der Waals surface area contributed by atoms with Gasteiger partial charge < -0.3 is 25.2 Å². The summed E-state index contributed by atoms with van der Waals surface area (Å²) in [6.45, 7) is 9.16. The van der Waals surface area contributed by atoms with Gasteiger partial charge in [0, 0.05) is 58.5 Å². The van der Waals surface area contributed by atoms with Gasteiger partial charge in [0.15, 0.2) is 0 Å². The number of piperazine rings is 1. The zero-order valence-corrected chi connectivity index (χ0v) is 17.6. The second-order valence-corrected chi connectivity index (χ2v) is 6.09. The molecule has 1 amide bonds. The number of hydrogen-bond donors (Lipinski definition) is 2. The Hall–Kier alpha value is -1.12. The summed E-state index contributed by atoms with van der Waals surface area (Å²) in [4.78, 5) is 16.5. The van der Waals surface area contributed by atoms with Crippen LogP contribution in [0.4, 0.5) is 10.1 Å². The van der Waals surface area contributed by atoms with Gasteiger partial charge in [0.1, 0.15) is 5.82 Å². The molecule has 156 valence electrons. The van der Waals surface area contributed by atoms with Crippen LogP contribution >= 0.6 is 24.8 Å². The predicted octanol–water partition coefficient (Wildman–Crippen LogP) is 1.78. The second-order valence-electron chi connectivity index (χ2n) is 6.09. The lowest BCUT2D eigenvalue weighted by Crippen LogP contribution is -2.46. The number of nitrogens with zero attached hydrogens (tertiary/aromatic N) is 2. The summed E-state index contributed by atoms with van der Waals surface area (Å²) in [6.07, 6.45) is 0. The molecule has 9 heteroatoms. The van der Waals surface area contributed by atoms with Crippen LogP contribution in [-0.4, -0.2) is 76.9 Å². The Labute approximate surface area is 173 Å². The van der Waals surface area contributed by atoms with Crippen molar-refractivity contribution in [2.75, 3.05) is 71.0 Å². The number of anilines is 1. The summed E-state index contributed by atoms with van der Waals surface area (Å²) in [6, 6.07) is 4.73. The van der Waals surface area contributed by atoms with Gasteiger partial charge >= 0.3 is 0 Å². The first-order valence-electron chi connectivity index (χ1n) is 8.90. The van der Waals surface area contributed by atoms with Crippen LogP contribution in [0.15, 0.2) is 18.2 Å². The monoisotopic (exact) mass is 424 g/mol. The minimum atomic E-state index is -0.337. The fourth-order valence-electron chi connectivity index (χ4n) is 2.88. The van der Waals surface area contributed by atoms with E-state index in [9.17, 15) is 9.18 Å². The number of carbonyl (C=O) groups is 1. The topological polar surface area (TPSA) is 56.8 Å². The van der Waals surface area contributed by atoms with E-state index in [1.54, 1.807) is 19.2 Å². The van der Waals surface area contributed by atoms with Crippen molar-refractivity contribution in [2.45, 2.75) is 6.92 Å². The first-order valence-corrected chi connectivity index (χ1v) is 8.90. The molecule has 0 aromatic heterocycles. The van der Waals surface area contributed by atoms with E-state index in [0.29, 0.717) is 30.9 Å². The van der Waals surface area contributed by atoms with Crippen molar-refractivity contribution in [2.24, 2.45) is 0 Å². The lowest BCUT2D eigenvalue weighted by atomic mass is 10.1.